The smallest absolute Gasteiger partial charge is 0.0923 e. The lowest BCUT2D eigenvalue weighted by atomic mass is 9.84. The van der Waals surface area contributed by atoms with E-state index in [1.807, 2.05) is 18.5 Å². The van der Waals surface area contributed by atoms with Crippen molar-refractivity contribution in [2.24, 2.45) is 0 Å². The van der Waals surface area contributed by atoms with Gasteiger partial charge < -0.3 is 0 Å². The van der Waals surface area contributed by atoms with Gasteiger partial charge in [0, 0.05) is 12.4 Å². The molecular formula is C18H24N2. The van der Waals surface area contributed by atoms with E-state index in [9.17, 15) is 0 Å². The molecule has 2 aromatic rings. The van der Waals surface area contributed by atoms with Crippen molar-refractivity contribution in [1.29, 1.82) is 0 Å². The molecule has 0 aliphatic rings. The molecule has 2 aromatic heterocycles. The lowest BCUT2D eigenvalue weighted by Gasteiger charge is -2.22. The predicted octanol–water partition coefficient (Wildman–Crippen LogP) is 4.74. The molecule has 0 spiro atoms. The summed E-state index contributed by atoms with van der Waals surface area (Å²) in [5.74, 6) is 0. The van der Waals surface area contributed by atoms with Gasteiger partial charge in [0.1, 0.15) is 0 Å². The third-order valence-electron chi connectivity index (χ3n) is 3.49. The van der Waals surface area contributed by atoms with Gasteiger partial charge in [-0.3, -0.25) is 9.97 Å². The van der Waals surface area contributed by atoms with Crippen LogP contribution in [-0.4, -0.2) is 9.97 Å². The molecule has 0 saturated carbocycles. The van der Waals surface area contributed by atoms with Crippen molar-refractivity contribution in [3.8, 4) is 11.4 Å². The van der Waals surface area contributed by atoms with Gasteiger partial charge in [0.2, 0.25) is 0 Å². The van der Waals surface area contributed by atoms with Crippen molar-refractivity contribution in [2.75, 3.05) is 0 Å². The second kappa shape index (κ2) is 5.01. The fourth-order valence-electron chi connectivity index (χ4n) is 2.19. The van der Waals surface area contributed by atoms with Crippen LogP contribution in [0.15, 0.2) is 36.7 Å². The van der Waals surface area contributed by atoms with Gasteiger partial charge in [-0.1, -0.05) is 53.7 Å². The van der Waals surface area contributed by atoms with Gasteiger partial charge in [-0.15, -0.1) is 0 Å². The summed E-state index contributed by atoms with van der Waals surface area (Å²) in [5.41, 5.74) is 4.60. The highest BCUT2D eigenvalue weighted by Crippen LogP contribution is 2.31. The minimum Gasteiger partial charge on any atom is -0.254 e. The van der Waals surface area contributed by atoms with E-state index in [2.05, 4.69) is 69.7 Å². The van der Waals surface area contributed by atoms with Crippen LogP contribution in [-0.2, 0) is 10.8 Å². The summed E-state index contributed by atoms with van der Waals surface area (Å²) in [7, 11) is 0. The van der Waals surface area contributed by atoms with E-state index in [-0.39, 0.29) is 10.8 Å². The van der Waals surface area contributed by atoms with Crippen LogP contribution in [0.5, 0.6) is 0 Å². The molecule has 2 heteroatoms. The Morgan fingerprint density at radius 2 is 1.50 bits per heavy atom. The van der Waals surface area contributed by atoms with Crippen molar-refractivity contribution >= 4 is 0 Å². The van der Waals surface area contributed by atoms with Gasteiger partial charge in [-0.2, -0.15) is 0 Å². The van der Waals surface area contributed by atoms with E-state index >= 15 is 0 Å². The molecule has 2 nitrogen and oxygen atoms in total. The number of pyridine rings is 2. The lowest BCUT2D eigenvalue weighted by molar-refractivity contribution is 0.585. The third kappa shape index (κ3) is 3.06. The van der Waals surface area contributed by atoms with Gasteiger partial charge in [0.05, 0.1) is 11.4 Å². The van der Waals surface area contributed by atoms with E-state index in [1.54, 1.807) is 0 Å². The van der Waals surface area contributed by atoms with Crippen molar-refractivity contribution in [3.05, 3.63) is 47.8 Å². The minimum atomic E-state index is 0.0635. The van der Waals surface area contributed by atoms with Crippen molar-refractivity contribution < 1.29 is 0 Å². The molecule has 0 atom stereocenters. The van der Waals surface area contributed by atoms with Crippen LogP contribution in [0, 0.1) is 0 Å². The summed E-state index contributed by atoms with van der Waals surface area (Å²) in [6.45, 7) is 13.2. The van der Waals surface area contributed by atoms with E-state index in [0.717, 1.165) is 11.4 Å². The average molecular weight is 268 g/mol. The van der Waals surface area contributed by atoms with Gasteiger partial charge in [-0.05, 0) is 34.1 Å². The molecule has 20 heavy (non-hydrogen) atoms. The molecule has 0 unspecified atom stereocenters. The second-order valence-corrected chi connectivity index (χ2v) is 7.33. The van der Waals surface area contributed by atoms with Crippen molar-refractivity contribution in [3.63, 3.8) is 0 Å². The summed E-state index contributed by atoms with van der Waals surface area (Å²) in [5, 5.41) is 0. The Balaban J connectivity index is 2.48. The Morgan fingerprint density at radius 3 is 2.00 bits per heavy atom. The second-order valence-electron chi connectivity index (χ2n) is 7.33. The van der Waals surface area contributed by atoms with Crippen LogP contribution in [0.2, 0.25) is 0 Å². The van der Waals surface area contributed by atoms with E-state index in [0.29, 0.717) is 0 Å². The monoisotopic (exact) mass is 268 g/mol. The summed E-state index contributed by atoms with van der Waals surface area (Å²) in [6.07, 6.45) is 3.81. The molecule has 0 aliphatic carbocycles. The summed E-state index contributed by atoms with van der Waals surface area (Å²) in [4.78, 5) is 9.17. The molecule has 2 rings (SSSR count). The number of rotatable bonds is 1. The van der Waals surface area contributed by atoms with Crippen LogP contribution in [0.25, 0.3) is 11.4 Å². The average Bonchev–Trinajstić information content (AvgIpc) is 2.37. The third-order valence-corrected chi connectivity index (χ3v) is 3.49. The first-order chi connectivity index (χ1) is 9.19. The molecule has 0 aromatic carbocycles. The van der Waals surface area contributed by atoms with Crippen molar-refractivity contribution in [2.45, 2.75) is 52.4 Å². The highest BCUT2D eigenvalue weighted by Gasteiger charge is 2.20. The zero-order chi connectivity index (χ0) is 15.0. The number of hydrogen-bond donors (Lipinski definition) is 0. The predicted molar refractivity (Wildman–Crippen MR) is 84.9 cm³/mol. The molecule has 2 heterocycles. The van der Waals surface area contributed by atoms with Crippen molar-refractivity contribution in [1.82, 2.24) is 9.97 Å². The van der Waals surface area contributed by atoms with Crippen LogP contribution < -0.4 is 0 Å². The molecule has 0 N–H and O–H groups in total. The molecule has 0 bridgehead atoms. The first-order valence-corrected chi connectivity index (χ1v) is 7.12. The Labute approximate surface area is 122 Å². The maximum absolute atomic E-state index is 4.63. The zero-order valence-corrected chi connectivity index (χ0v) is 13.4. The van der Waals surface area contributed by atoms with Crippen LogP contribution in [0.1, 0.15) is 52.7 Å². The lowest BCUT2D eigenvalue weighted by Crippen LogP contribution is -2.14. The maximum Gasteiger partial charge on any atom is 0.0923 e. The van der Waals surface area contributed by atoms with E-state index in [4.69, 9.17) is 0 Å². The maximum atomic E-state index is 4.63. The van der Waals surface area contributed by atoms with Crippen LogP contribution >= 0.6 is 0 Å². The molecule has 106 valence electrons. The highest BCUT2D eigenvalue weighted by molar-refractivity contribution is 5.60. The summed E-state index contributed by atoms with van der Waals surface area (Å²) >= 11 is 0. The Hall–Kier alpha value is -1.70. The normalized spacial score (nSPS) is 12.5. The Morgan fingerprint density at radius 1 is 0.800 bits per heavy atom. The highest BCUT2D eigenvalue weighted by atomic mass is 14.8. The standard InChI is InChI=1S/C18H24N2/c1-17(2,3)13-9-10-15(20-12-13)16-14(18(4,5)6)8-7-11-19-16/h7-12H,1-6H3. The molecular weight excluding hydrogens is 244 g/mol. The topological polar surface area (TPSA) is 25.8 Å². The molecule has 0 amide bonds. The quantitative estimate of drug-likeness (QED) is 0.746. The zero-order valence-electron chi connectivity index (χ0n) is 13.4. The Kier molecular flexibility index (Phi) is 3.68. The number of hydrogen-bond acceptors (Lipinski definition) is 2. The molecule has 0 saturated heterocycles. The van der Waals surface area contributed by atoms with Crippen LogP contribution in [0.3, 0.4) is 0 Å². The molecule has 0 aliphatic heterocycles. The number of aromatic nitrogens is 2. The first kappa shape index (κ1) is 14.7. The van der Waals surface area contributed by atoms with Gasteiger partial charge in [-0.25, -0.2) is 0 Å². The van der Waals surface area contributed by atoms with E-state index < -0.39 is 0 Å². The number of nitrogens with zero attached hydrogens (tertiary/aromatic N) is 2. The largest absolute Gasteiger partial charge is 0.254 e. The van der Waals surface area contributed by atoms with Gasteiger partial charge in [0.25, 0.3) is 0 Å². The SMILES string of the molecule is CC(C)(C)c1ccc(-c2ncccc2C(C)(C)C)nc1. The summed E-state index contributed by atoms with van der Waals surface area (Å²) < 4.78 is 0. The molecule has 0 fully saturated rings. The fourth-order valence-corrected chi connectivity index (χ4v) is 2.19. The van der Waals surface area contributed by atoms with Gasteiger partial charge >= 0.3 is 0 Å². The minimum absolute atomic E-state index is 0.0635. The van der Waals surface area contributed by atoms with Gasteiger partial charge in [0.15, 0.2) is 0 Å². The van der Waals surface area contributed by atoms with Crippen LogP contribution in [0.4, 0.5) is 0 Å². The first-order valence-electron chi connectivity index (χ1n) is 7.12. The Bertz CT molecular complexity index is 584. The summed E-state index contributed by atoms with van der Waals surface area (Å²) in [6, 6.07) is 8.37. The fraction of sp³-hybridized carbons (Fsp3) is 0.444. The van der Waals surface area contributed by atoms with E-state index in [1.165, 1.54) is 11.1 Å². The molecule has 0 radical (unpaired) electrons.